The molecule has 1 saturated carbocycles. The van der Waals surface area contributed by atoms with Crippen molar-refractivity contribution in [3.05, 3.63) is 22.3 Å². The van der Waals surface area contributed by atoms with E-state index in [1.807, 2.05) is 12.3 Å². The summed E-state index contributed by atoms with van der Waals surface area (Å²) >= 11 is 3.43. The molecule has 1 heterocycles. The van der Waals surface area contributed by atoms with E-state index >= 15 is 0 Å². The van der Waals surface area contributed by atoms with E-state index in [2.05, 4.69) is 40.1 Å². The maximum absolute atomic E-state index is 5.39. The van der Waals surface area contributed by atoms with Crippen LogP contribution < -0.4 is 5.32 Å². The van der Waals surface area contributed by atoms with E-state index in [-0.39, 0.29) is 5.60 Å². The average Bonchev–Trinajstić information content (AvgIpc) is 2.84. The van der Waals surface area contributed by atoms with Crippen molar-refractivity contribution in [3.63, 3.8) is 0 Å². The van der Waals surface area contributed by atoms with Gasteiger partial charge in [-0.05, 0) is 41.4 Å². The number of nitrogens with zero attached hydrogens (tertiary/aromatic N) is 1. The molecule has 0 aliphatic heterocycles. The minimum absolute atomic E-state index is 0.0113. The van der Waals surface area contributed by atoms with Crippen LogP contribution >= 0.6 is 15.9 Å². The zero-order chi connectivity index (χ0) is 11.1. The van der Waals surface area contributed by atoms with Crippen LogP contribution in [-0.4, -0.2) is 23.7 Å². The number of methoxy groups -OCH3 is 1. The first-order valence-corrected chi connectivity index (χ1v) is 5.78. The van der Waals surface area contributed by atoms with Gasteiger partial charge in [0.15, 0.2) is 0 Å². The van der Waals surface area contributed by atoms with Gasteiger partial charge in [0.25, 0.3) is 0 Å². The van der Waals surface area contributed by atoms with Crippen LogP contribution in [0.25, 0.3) is 0 Å². The highest BCUT2D eigenvalue weighted by molar-refractivity contribution is 9.10. The zero-order valence-electron chi connectivity index (χ0n) is 9.17. The Kier molecular flexibility index (Phi) is 2.73. The Balaban J connectivity index is 2.04. The van der Waals surface area contributed by atoms with Crippen molar-refractivity contribution in [1.29, 1.82) is 0 Å². The SMILES string of the molecule is COC1(C)CC1Nc1cc(C)c(Br)cn1. The second-order valence-corrected chi connectivity index (χ2v) is 5.09. The number of ether oxygens (including phenoxy) is 1. The second-order valence-electron chi connectivity index (χ2n) is 4.24. The second kappa shape index (κ2) is 3.76. The fourth-order valence-electron chi connectivity index (χ4n) is 1.57. The van der Waals surface area contributed by atoms with Crippen LogP contribution in [-0.2, 0) is 4.74 Å². The van der Waals surface area contributed by atoms with Gasteiger partial charge in [-0.15, -0.1) is 0 Å². The van der Waals surface area contributed by atoms with Gasteiger partial charge in [-0.2, -0.15) is 0 Å². The van der Waals surface area contributed by atoms with E-state index < -0.39 is 0 Å². The molecule has 15 heavy (non-hydrogen) atoms. The van der Waals surface area contributed by atoms with Crippen LogP contribution in [0, 0.1) is 6.92 Å². The Morgan fingerprint density at radius 2 is 2.40 bits per heavy atom. The molecule has 0 amide bonds. The van der Waals surface area contributed by atoms with Crippen LogP contribution in [0.3, 0.4) is 0 Å². The van der Waals surface area contributed by atoms with Gasteiger partial charge in [0.05, 0.1) is 11.6 Å². The van der Waals surface area contributed by atoms with Crippen LogP contribution in [0.4, 0.5) is 5.82 Å². The number of nitrogens with one attached hydrogen (secondary N) is 1. The van der Waals surface area contributed by atoms with E-state index in [0.717, 1.165) is 16.7 Å². The number of hydrogen-bond donors (Lipinski definition) is 1. The molecule has 1 aromatic rings. The predicted octanol–water partition coefficient (Wildman–Crippen LogP) is 2.74. The molecule has 1 aliphatic rings. The number of aryl methyl sites for hydroxylation is 1. The lowest BCUT2D eigenvalue weighted by atomic mass is 10.3. The van der Waals surface area contributed by atoms with Gasteiger partial charge in [-0.1, -0.05) is 0 Å². The summed E-state index contributed by atoms with van der Waals surface area (Å²) in [6.45, 7) is 4.16. The summed E-state index contributed by atoms with van der Waals surface area (Å²) in [5.41, 5.74) is 1.18. The number of aromatic nitrogens is 1. The number of pyridine rings is 1. The molecular formula is C11H15BrN2O. The number of hydrogen-bond acceptors (Lipinski definition) is 3. The van der Waals surface area contributed by atoms with Crippen molar-refractivity contribution >= 4 is 21.7 Å². The molecule has 1 N–H and O–H groups in total. The highest BCUT2D eigenvalue weighted by atomic mass is 79.9. The molecule has 1 fully saturated rings. The molecule has 0 saturated heterocycles. The van der Waals surface area contributed by atoms with Gasteiger partial charge >= 0.3 is 0 Å². The monoisotopic (exact) mass is 270 g/mol. The largest absolute Gasteiger partial charge is 0.376 e. The van der Waals surface area contributed by atoms with Gasteiger partial charge < -0.3 is 10.1 Å². The normalized spacial score (nSPS) is 28.9. The average molecular weight is 271 g/mol. The molecule has 82 valence electrons. The Bertz CT molecular complexity index is 383. The quantitative estimate of drug-likeness (QED) is 0.917. The van der Waals surface area contributed by atoms with Gasteiger partial charge in [0.1, 0.15) is 5.82 Å². The molecule has 2 unspecified atom stereocenters. The lowest BCUT2D eigenvalue weighted by Gasteiger charge is -2.11. The molecule has 0 aromatic carbocycles. The van der Waals surface area contributed by atoms with Gasteiger partial charge in [-0.3, -0.25) is 0 Å². The third-order valence-electron chi connectivity index (χ3n) is 3.02. The maximum Gasteiger partial charge on any atom is 0.126 e. The first-order valence-electron chi connectivity index (χ1n) is 4.99. The zero-order valence-corrected chi connectivity index (χ0v) is 10.8. The molecule has 4 heteroatoms. The lowest BCUT2D eigenvalue weighted by Crippen LogP contribution is -2.18. The minimum atomic E-state index is -0.0113. The van der Waals surface area contributed by atoms with Gasteiger partial charge in [0.2, 0.25) is 0 Å². The van der Waals surface area contributed by atoms with E-state index in [9.17, 15) is 0 Å². The molecule has 0 bridgehead atoms. The number of anilines is 1. The predicted molar refractivity (Wildman–Crippen MR) is 64.1 cm³/mol. The Morgan fingerprint density at radius 1 is 1.67 bits per heavy atom. The summed E-state index contributed by atoms with van der Waals surface area (Å²) in [5, 5.41) is 3.37. The molecule has 2 atom stereocenters. The molecule has 0 radical (unpaired) electrons. The maximum atomic E-state index is 5.39. The minimum Gasteiger partial charge on any atom is -0.376 e. The Labute approximate surface area is 98.4 Å². The summed E-state index contributed by atoms with van der Waals surface area (Å²) in [5.74, 6) is 0.918. The standard InChI is InChI=1S/C11H15BrN2O/c1-7-4-10(13-6-8(7)12)14-9-5-11(9,2)15-3/h4,6,9H,5H2,1-3H3,(H,13,14). The summed E-state index contributed by atoms with van der Waals surface area (Å²) in [6.07, 6.45) is 2.87. The van der Waals surface area contributed by atoms with Crippen molar-refractivity contribution in [2.75, 3.05) is 12.4 Å². The lowest BCUT2D eigenvalue weighted by molar-refractivity contribution is 0.0936. The summed E-state index contributed by atoms with van der Waals surface area (Å²) in [7, 11) is 1.75. The summed E-state index contributed by atoms with van der Waals surface area (Å²) in [6, 6.07) is 2.42. The molecule has 3 nitrogen and oxygen atoms in total. The van der Waals surface area contributed by atoms with E-state index in [0.29, 0.717) is 6.04 Å². The number of rotatable bonds is 3. The first kappa shape index (κ1) is 10.9. The highest BCUT2D eigenvalue weighted by Gasteiger charge is 2.51. The molecular weight excluding hydrogens is 256 g/mol. The van der Waals surface area contributed by atoms with Crippen LogP contribution in [0.5, 0.6) is 0 Å². The van der Waals surface area contributed by atoms with Crippen LogP contribution in [0.2, 0.25) is 0 Å². The molecule has 2 rings (SSSR count). The third kappa shape index (κ3) is 2.16. The van der Waals surface area contributed by atoms with Crippen molar-refractivity contribution in [3.8, 4) is 0 Å². The van der Waals surface area contributed by atoms with E-state index in [1.165, 1.54) is 5.56 Å². The Morgan fingerprint density at radius 3 is 2.93 bits per heavy atom. The smallest absolute Gasteiger partial charge is 0.126 e. The Hall–Kier alpha value is -0.610. The molecule has 0 spiro atoms. The van der Waals surface area contributed by atoms with Crippen molar-refractivity contribution in [2.24, 2.45) is 0 Å². The fourth-order valence-corrected chi connectivity index (χ4v) is 1.79. The summed E-state index contributed by atoms with van der Waals surface area (Å²) < 4.78 is 6.43. The van der Waals surface area contributed by atoms with Gasteiger partial charge in [0, 0.05) is 24.2 Å². The fraction of sp³-hybridized carbons (Fsp3) is 0.545. The van der Waals surface area contributed by atoms with Crippen LogP contribution in [0.15, 0.2) is 16.7 Å². The highest BCUT2D eigenvalue weighted by Crippen LogP contribution is 2.40. The molecule has 1 aliphatic carbocycles. The van der Waals surface area contributed by atoms with E-state index in [4.69, 9.17) is 4.74 Å². The van der Waals surface area contributed by atoms with Crippen LogP contribution in [0.1, 0.15) is 18.9 Å². The summed E-state index contributed by atoms with van der Waals surface area (Å²) in [4.78, 5) is 4.31. The van der Waals surface area contributed by atoms with Crippen molar-refractivity contribution < 1.29 is 4.74 Å². The van der Waals surface area contributed by atoms with Gasteiger partial charge in [-0.25, -0.2) is 4.98 Å². The number of halogens is 1. The first-order chi connectivity index (χ1) is 7.05. The van der Waals surface area contributed by atoms with Crippen molar-refractivity contribution in [2.45, 2.75) is 31.9 Å². The molecule has 1 aromatic heterocycles. The van der Waals surface area contributed by atoms with Crippen molar-refractivity contribution in [1.82, 2.24) is 4.98 Å². The topological polar surface area (TPSA) is 34.1 Å². The van der Waals surface area contributed by atoms with E-state index in [1.54, 1.807) is 7.11 Å². The third-order valence-corrected chi connectivity index (χ3v) is 3.85.